The summed E-state index contributed by atoms with van der Waals surface area (Å²) in [5, 5.41) is 19.6. The van der Waals surface area contributed by atoms with Gasteiger partial charge in [0.25, 0.3) is 5.91 Å². The van der Waals surface area contributed by atoms with Gasteiger partial charge in [0.2, 0.25) is 0 Å². The maximum Gasteiger partial charge on any atom is 0.253 e. The van der Waals surface area contributed by atoms with Crippen LogP contribution >= 0.6 is 0 Å². The summed E-state index contributed by atoms with van der Waals surface area (Å²) in [6.07, 6.45) is 14.4. The normalized spacial score (nSPS) is 28.9. The molecule has 3 atom stereocenters. The van der Waals surface area contributed by atoms with Gasteiger partial charge < -0.3 is 14.7 Å². The summed E-state index contributed by atoms with van der Waals surface area (Å²) in [5.41, 5.74) is 2.65. The zero-order valence-corrected chi connectivity index (χ0v) is 21.6. The first-order valence-corrected chi connectivity index (χ1v) is 12.7. The van der Waals surface area contributed by atoms with Gasteiger partial charge in [0.15, 0.2) is 5.82 Å². The van der Waals surface area contributed by atoms with Crippen LogP contribution in [-0.2, 0) is 9.53 Å². The number of nitrogens with zero attached hydrogens (tertiary/aromatic N) is 5. The molecule has 3 unspecified atom stereocenters. The van der Waals surface area contributed by atoms with Crippen LogP contribution in [0, 0.1) is 11.3 Å². The van der Waals surface area contributed by atoms with Crippen LogP contribution in [0.4, 0.5) is 0 Å². The molecule has 36 heavy (non-hydrogen) atoms. The highest BCUT2D eigenvalue weighted by Gasteiger charge is 2.48. The SMILES string of the molecule is C=NN1C=CC=NC1=C(C)C(=O)N1CCC2(CCC2CNC(O)C2=CC(=CC=NC)C(C)OC2)CC1. The maximum absolute atomic E-state index is 13.2. The summed E-state index contributed by atoms with van der Waals surface area (Å²) < 4.78 is 5.83. The Balaban J connectivity index is 1.31. The highest BCUT2D eigenvalue weighted by Crippen LogP contribution is 2.53. The molecule has 4 rings (SSSR count). The van der Waals surface area contributed by atoms with Crippen molar-refractivity contribution in [2.24, 2.45) is 26.4 Å². The Morgan fingerprint density at radius 3 is 2.86 bits per heavy atom. The molecule has 2 N–H and O–H groups in total. The molecule has 9 heteroatoms. The van der Waals surface area contributed by atoms with Crippen LogP contribution in [0.15, 0.2) is 62.1 Å². The van der Waals surface area contributed by atoms with Crippen molar-refractivity contribution in [1.82, 2.24) is 15.2 Å². The maximum atomic E-state index is 13.2. The second-order valence-electron chi connectivity index (χ2n) is 10.0. The standard InChI is InChI=1S/C27H38N6O3/c1-19(24-30-11-5-13-33(24)29-4)26(35)32-14-9-27(10-15-32)8-6-23(27)17-31-25(34)22-16-21(7-12-28-3)20(2)36-18-22/h5,7,11-13,16,20,23,25,31,34H,4,6,8-10,14-15,17-18H2,1-3H3. The average Bonchev–Trinajstić information content (AvgIpc) is 2.91. The van der Waals surface area contributed by atoms with Crippen LogP contribution in [0.25, 0.3) is 0 Å². The lowest BCUT2D eigenvalue weighted by atomic mass is 9.55. The molecule has 0 radical (unpaired) electrons. The zero-order valence-electron chi connectivity index (χ0n) is 21.6. The quantitative estimate of drug-likeness (QED) is 0.322. The van der Waals surface area contributed by atoms with Gasteiger partial charge in [0, 0.05) is 52.0 Å². The summed E-state index contributed by atoms with van der Waals surface area (Å²) in [4.78, 5) is 23.4. The van der Waals surface area contributed by atoms with Gasteiger partial charge in [-0.25, -0.2) is 10.0 Å². The highest BCUT2D eigenvalue weighted by molar-refractivity contribution is 5.94. The van der Waals surface area contributed by atoms with E-state index in [9.17, 15) is 9.90 Å². The number of carbonyl (C=O) groups is 1. The number of hydrazone groups is 1. The van der Waals surface area contributed by atoms with E-state index in [1.54, 1.807) is 38.7 Å². The Labute approximate surface area is 213 Å². The number of hydrogen-bond acceptors (Lipinski definition) is 8. The van der Waals surface area contributed by atoms with Crippen molar-refractivity contribution in [3.63, 3.8) is 0 Å². The molecule has 0 aromatic heterocycles. The second kappa shape index (κ2) is 11.5. The predicted molar refractivity (Wildman–Crippen MR) is 143 cm³/mol. The molecule has 0 aromatic carbocycles. The van der Waals surface area contributed by atoms with E-state index in [-0.39, 0.29) is 17.4 Å². The fraction of sp³-hybridized carbons (Fsp3) is 0.556. The molecule has 1 spiro atoms. The Morgan fingerprint density at radius 2 is 2.19 bits per heavy atom. The first-order chi connectivity index (χ1) is 17.4. The molecule has 9 nitrogen and oxygen atoms in total. The number of aliphatic hydroxyl groups excluding tert-OH is 1. The lowest BCUT2D eigenvalue weighted by molar-refractivity contribution is -0.132. The number of carbonyl (C=O) groups excluding carboxylic acids is 1. The molecule has 3 heterocycles. The molecule has 0 aromatic rings. The minimum absolute atomic E-state index is 0.000751. The predicted octanol–water partition coefficient (Wildman–Crippen LogP) is 2.63. The van der Waals surface area contributed by atoms with Crippen LogP contribution in [-0.4, -0.2) is 85.7 Å². The van der Waals surface area contributed by atoms with Gasteiger partial charge in [0.1, 0.15) is 6.23 Å². The summed E-state index contributed by atoms with van der Waals surface area (Å²) in [5.74, 6) is 1.01. The minimum Gasteiger partial charge on any atom is -0.375 e. The van der Waals surface area contributed by atoms with E-state index < -0.39 is 6.23 Å². The molecule has 4 aliphatic rings. The van der Waals surface area contributed by atoms with Crippen molar-refractivity contribution >= 4 is 25.1 Å². The molecular weight excluding hydrogens is 456 g/mol. The Bertz CT molecular complexity index is 1030. The van der Waals surface area contributed by atoms with Crippen molar-refractivity contribution in [3.8, 4) is 0 Å². The molecule has 1 aliphatic carbocycles. The van der Waals surface area contributed by atoms with E-state index in [2.05, 4.69) is 27.1 Å². The van der Waals surface area contributed by atoms with Gasteiger partial charge in [-0.1, -0.05) is 6.08 Å². The van der Waals surface area contributed by atoms with Crippen molar-refractivity contribution < 1.29 is 14.6 Å². The summed E-state index contributed by atoms with van der Waals surface area (Å²) in [7, 11) is 1.73. The Kier molecular flexibility index (Phi) is 8.33. The Morgan fingerprint density at radius 1 is 1.42 bits per heavy atom. The smallest absolute Gasteiger partial charge is 0.253 e. The van der Waals surface area contributed by atoms with Gasteiger partial charge in [0.05, 0.1) is 18.3 Å². The number of rotatable bonds is 7. The van der Waals surface area contributed by atoms with E-state index >= 15 is 0 Å². The third-order valence-electron chi connectivity index (χ3n) is 8.09. The van der Waals surface area contributed by atoms with Crippen LogP contribution in [0.5, 0.6) is 0 Å². The topological polar surface area (TPSA) is 102 Å². The first kappa shape index (κ1) is 26.2. The molecular formula is C27H38N6O3. The highest BCUT2D eigenvalue weighted by atomic mass is 16.5. The zero-order chi connectivity index (χ0) is 25.7. The van der Waals surface area contributed by atoms with E-state index in [0.29, 0.717) is 23.9 Å². The Hall–Kier alpha value is -2.88. The molecule has 3 aliphatic heterocycles. The van der Waals surface area contributed by atoms with E-state index in [1.165, 1.54) is 11.4 Å². The number of nitrogens with one attached hydrogen (secondary N) is 1. The van der Waals surface area contributed by atoms with Crippen molar-refractivity contribution in [2.45, 2.75) is 51.9 Å². The molecule has 1 saturated heterocycles. The summed E-state index contributed by atoms with van der Waals surface area (Å²) in [6.45, 7) is 9.99. The van der Waals surface area contributed by atoms with Crippen LogP contribution in [0.3, 0.4) is 0 Å². The monoisotopic (exact) mass is 494 g/mol. The van der Waals surface area contributed by atoms with E-state index in [4.69, 9.17) is 4.74 Å². The first-order valence-electron chi connectivity index (χ1n) is 12.7. The third-order valence-corrected chi connectivity index (χ3v) is 8.09. The number of allylic oxidation sites excluding steroid dienone is 2. The number of amides is 1. The number of piperidine rings is 1. The third kappa shape index (κ3) is 5.43. The molecule has 194 valence electrons. The lowest BCUT2D eigenvalue weighted by Gasteiger charge is -2.54. The number of aliphatic hydroxyl groups is 1. The fourth-order valence-corrected chi connectivity index (χ4v) is 5.55. The molecule has 2 fully saturated rings. The molecule has 1 amide bonds. The largest absolute Gasteiger partial charge is 0.375 e. The molecule has 1 saturated carbocycles. The van der Waals surface area contributed by atoms with Gasteiger partial charge in [-0.2, -0.15) is 5.10 Å². The van der Waals surface area contributed by atoms with Crippen molar-refractivity contribution in [2.75, 3.05) is 33.3 Å². The fourth-order valence-electron chi connectivity index (χ4n) is 5.55. The number of likely N-dealkylation sites (tertiary alicyclic amines) is 1. The number of aliphatic imine (C=N–C) groups is 2. The summed E-state index contributed by atoms with van der Waals surface area (Å²) >= 11 is 0. The number of ether oxygens (including phenoxy) is 1. The summed E-state index contributed by atoms with van der Waals surface area (Å²) in [6, 6.07) is 0. The number of hydrogen-bond donors (Lipinski definition) is 2. The van der Waals surface area contributed by atoms with Crippen LogP contribution < -0.4 is 5.32 Å². The van der Waals surface area contributed by atoms with Crippen molar-refractivity contribution in [3.05, 3.63) is 47.0 Å². The average molecular weight is 495 g/mol. The molecule has 0 bridgehead atoms. The van der Waals surface area contributed by atoms with Gasteiger partial charge in [-0.05, 0) is 74.2 Å². The van der Waals surface area contributed by atoms with E-state index in [0.717, 1.165) is 50.0 Å². The van der Waals surface area contributed by atoms with Gasteiger partial charge in [-0.3, -0.25) is 15.1 Å². The van der Waals surface area contributed by atoms with Crippen molar-refractivity contribution in [1.29, 1.82) is 0 Å². The van der Waals surface area contributed by atoms with E-state index in [1.807, 2.05) is 24.0 Å². The second-order valence-corrected chi connectivity index (χ2v) is 10.0. The van der Waals surface area contributed by atoms with Gasteiger partial charge >= 0.3 is 0 Å². The van der Waals surface area contributed by atoms with Crippen LogP contribution in [0.1, 0.15) is 39.5 Å². The lowest BCUT2D eigenvalue weighted by Crippen LogP contribution is -2.54. The van der Waals surface area contributed by atoms with Crippen LogP contribution in [0.2, 0.25) is 0 Å². The van der Waals surface area contributed by atoms with Gasteiger partial charge in [-0.15, -0.1) is 0 Å². The minimum atomic E-state index is -0.737.